The molecule has 0 unspecified atom stereocenters. The molecule has 11 heteroatoms. The van der Waals surface area contributed by atoms with Crippen molar-refractivity contribution in [3.63, 3.8) is 0 Å². The van der Waals surface area contributed by atoms with E-state index in [1.807, 2.05) is 11.4 Å². The molecule has 166 valence electrons. The summed E-state index contributed by atoms with van der Waals surface area (Å²) in [5.41, 5.74) is 1.62. The average Bonchev–Trinajstić information content (AvgIpc) is 3.18. The molecule has 31 heavy (non-hydrogen) atoms. The van der Waals surface area contributed by atoms with E-state index in [0.29, 0.717) is 35.4 Å². The molecule has 8 nitrogen and oxygen atoms in total. The molecule has 2 aromatic heterocycles. The van der Waals surface area contributed by atoms with E-state index in [1.54, 1.807) is 16.7 Å². The van der Waals surface area contributed by atoms with Gasteiger partial charge in [-0.3, -0.25) is 14.2 Å². The SMILES string of the molecule is NS(=O)(=O)c1ccc(CCNC(=O)CCCCCn2c(=S)[nH]c3ccsc3c2=O)cc1. The number of amides is 1. The van der Waals surface area contributed by atoms with Gasteiger partial charge in [0.2, 0.25) is 15.9 Å². The Morgan fingerprint density at radius 2 is 1.90 bits per heavy atom. The van der Waals surface area contributed by atoms with E-state index >= 15 is 0 Å². The maximum atomic E-state index is 12.5. The number of nitrogens with one attached hydrogen (secondary N) is 2. The Hall–Kier alpha value is -2.34. The molecule has 4 N–H and O–H groups in total. The van der Waals surface area contributed by atoms with Crippen molar-refractivity contribution in [3.8, 4) is 0 Å². The van der Waals surface area contributed by atoms with Gasteiger partial charge in [-0.05, 0) is 60.6 Å². The molecule has 0 radical (unpaired) electrons. The average molecular weight is 481 g/mol. The summed E-state index contributed by atoms with van der Waals surface area (Å²) in [5.74, 6) is -0.0318. The highest BCUT2D eigenvalue weighted by Gasteiger charge is 2.08. The highest BCUT2D eigenvalue weighted by atomic mass is 32.2. The minimum Gasteiger partial charge on any atom is -0.356 e. The number of unbranched alkanes of at least 4 members (excludes halogenated alkanes) is 2. The van der Waals surface area contributed by atoms with Gasteiger partial charge >= 0.3 is 0 Å². The first-order valence-corrected chi connectivity index (χ1v) is 12.7. The summed E-state index contributed by atoms with van der Waals surface area (Å²) in [7, 11) is -3.69. The van der Waals surface area contributed by atoms with Crippen molar-refractivity contribution in [1.82, 2.24) is 14.9 Å². The molecule has 0 saturated heterocycles. The van der Waals surface area contributed by atoms with Crippen LogP contribution in [0.4, 0.5) is 0 Å². The molecule has 3 aromatic rings. The van der Waals surface area contributed by atoms with Gasteiger partial charge in [0.1, 0.15) is 4.70 Å². The molecule has 0 aliphatic carbocycles. The number of hydrogen-bond donors (Lipinski definition) is 3. The van der Waals surface area contributed by atoms with Crippen molar-refractivity contribution >= 4 is 49.7 Å². The van der Waals surface area contributed by atoms with Crippen LogP contribution >= 0.6 is 23.6 Å². The number of nitrogens with zero attached hydrogens (tertiary/aromatic N) is 1. The highest BCUT2D eigenvalue weighted by Crippen LogP contribution is 2.14. The van der Waals surface area contributed by atoms with Crippen LogP contribution in [0.3, 0.4) is 0 Å². The Morgan fingerprint density at radius 3 is 2.61 bits per heavy atom. The number of nitrogens with two attached hydrogens (primary N) is 1. The molecule has 0 spiro atoms. The van der Waals surface area contributed by atoms with E-state index in [0.717, 1.165) is 30.3 Å². The zero-order valence-corrected chi connectivity index (χ0v) is 19.2. The first-order chi connectivity index (χ1) is 14.8. The van der Waals surface area contributed by atoms with Crippen LogP contribution in [0.15, 0.2) is 45.4 Å². The molecule has 1 amide bonds. The van der Waals surface area contributed by atoms with Gasteiger partial charge in [0.05, 0.1) is 10.4 Å². The van der Waals surface area contributed by atoms with E-state index in [1.165, 1.54) is 23.5 Å². The Labute approximate surface area is 189 Å². The summed E-state index contributed by atoms with van der Waals surface area (Å²) in [6, 6.07) is 8.14. The number of H-pyrrole nitrogens is 1. The number of sulfonamides is 1. The van der Waals surface area contributed by atoms with Gasteiger partial charge < -0.3 is 10.3 Å². The summed E-state index contributed by atoms with van der Waals surface area (Å²) in [4.78, 5) is 27.6. The number of benzene rings is 1. The number of aromatic nitrogens is 2. The van der Waals surface area contributed by atoms with Crippen LogP contribution in [0.25, 0.3) is 10.2 Å². The monoisotopic (exact) mass is 480 g/mol. The summed E-state index contributed by atoms with van der Waals surface area (Å²) in [6.07, 6.45) is 3.31. The second-order valence-corrected chi connectivity index (χ2v) is 10.0. The van der Waals surface area contributed by atoms with Gasteiger partial charge in [-0.1, -0.05) is 18.6 Å². The number of carbonyl (C=O) groups is 1. The Bertz CT molecular complexity index is 1270. The van der Waals surface area contributed by atoms with Crippen LogP contribution in [-0.2, 0) is 27.8 Å². The third kappa shape index (κ3) is 6.33. The van der Waals surface area contributed by atoms with Gasteiger partial charge in [-0.15, -0.1) is 11.3 Å². The van der Waals surface area contributed by atoms with Gasteiger partial charge in [-0.2, -0.15) is 0 Å². The fourth-order valence-electron chi connectivity index (χ4n) is 3.19. The number of hydrogen-bond acceptors (Lipinski definition) is 6. The summed E-state index contributed by atoms with van der Waals surface area (Å²) >= 11 is 6.67. The van der Waals surface area contributed by atoms with Crippen molar-refractivity contribution in [1.29, 1.82) is 0 Å². The first kappa shape index (κ1) is 23.3. The smallest absolute Gasteiger partial charge is 0.272 e. The fourth-order valence-corrected chi connectivity index (χ4v) is 4.78. The van der Waals surface area contributed by atoms with Gasteiger partial charge in [0.15, 0.2) is 4.77 Å². The Morgan fingerprint density at radius 1 is 1.16 bits per heavy atom. The topological polar surface area (TPSA) is 127 Å². The number of primary sulfonamides is 1. The normalized spacial score (nSPS) is 11.6. The molecule has 0 atom stereocenters. The van der Waals surface area contributed by atoms with Crippen molar-refractivity contribution in [3.05, 3.63) is 56.4 Å². The predicted octanol–water partition coefficient (Wildman–Crippen LogP) is 2.69. The number of rotatable bonds is 10. The summed E-state index contributed by atoms with van der Waals surface area (Å²) < 4.78 is 25.2. The van der Waals surface area contributed by atoms with Gasteiger partial charge in [0, 0.05) is 19.5 Å². The molecule has 0 aliphatic rings. The molecular formula is C20H24N4O4S3. The van der Waals surface area contributed by atoms with E-state index in [-0.39, 0.29) is 16.4 Å². The molecule has 1 aromatic carbocycles. The van der Waals surface area contributed by atoms with E-state index in [4.69, 9.17) is 17.4 Å². The Balaban J connectivity index is 1.35. The predicted molar refractivity (Wildman–Crippen MR) is 124 cm³/mol. The standard InChI is InChI=1S/C20H24N4O4S3/c21-31(27,28)15-7-5-14(6-8-15)9-11-22-17(25)4-2-1-3-12-24-19(26)18-16(10-13-30-18)23-20(24)29/h5-8,10,13H,1-4,9,11-12H2,(H,22,25)(H,23,29)(H2,21,27,28). The summed E-state index contributed by atoms with van der Waals surface area (Å²) in [5, 5.41) is 9.80. The van der Waals surface area contributed by atoms with Crippen molar-refractivity contribution in [2.45, 2.75) is 43.5 Å². The molecular weight excluding hydrogens is 456 g/mol. The lowest BCUT2D eigenvalue weighted by Gasteiger charge is -2.07. The van der Waals surface area contributed by atoms with Crippen molar-refractivity contribution < 1.29 is 13.2 Å². The van der Waals surface area contributed by atoms with Crippen LogP contribution < -0.4 is 16.0 Å². The minimum absolute atomic E-state index is 0.0318. The lowest BCUT2D eigenvalue weighted by Crippen LogP contribution is -2.25. The van der Waals surface area contributed by atoms with Crippen LogP contribution in [0.1, 0.15) is 31.2 Å². The second-order valence-electron chi connectivity index (χ2n) is 7.15. The quantitative estimate of drug-likeness (QED) is 0.304. The number of carbonyl (C=O) groups excluding carboxylic acids is 1. The zero-order valence-electron chi connectivity index (χ0n) is 16.8. The van der Waals surface area contributed by atoms with Gasteiger partial charge in [0.25, 0.3) is 5.56 Å². The minimum atomic E-state index is -3.69. The second kappa shape index (κ2) is 10.3. The molecule has 0 bridgehead atoms. The third-order valence-corrected chi connectivity index (χ3v) is 7.02. The molecule has 0 fully saturated rings. The first-order valence-electron chi connectivity index (χ1n) is 9.84. The van der Waals surface area contributed by atoms with Crippen molar-refractivity contribution in [2.24, 2.45) is 5.14 Å². The number of aromatic amines is 1. The van der Waals surface area contributed by atoms with Crippen LogP contribution in [0.2, 0.25) is 0 Å². The lowest BCUT2D eigenvalue weighted by atomic mass is 10.1. The van der Waals surface area contributed by atoms with E-state index in [2.05, 4.69) is 10.3 Å². The largest absolute Gasteiger partial charge is 0.356 e. The molecule has 2 heterocycles. The van der Waals surface area contributed by atoms with E-state index in [9.17, 15) is 18.0 Å². The van der Waals surface area contributed by atoms with Crippen LogP contribution in [-0.4, -0.2) is 30.4 Å². The summed E-state index contributed by atoms with van der Waals surface area (Å²) in [6.45, 7) is 0.997. The van der Waals surface area contributed by atoms with Crippen molar-refractivity contribution in [2.75, 3.05) is 6.54 Å². The molecule has 3 rings (SSSR count). The maximum absolute atomic E-state index is 12.5. The number of thiophene rings is 1. The third-order valence-electron chi connectivity index (χ3n) is 4.86. The zero-order chi connectivity index (χ0) is 22.4. The van der Waals surface area contributed by atoms with Gasteiger partial charge in [-0.25, -0.2) is 13.6 Å². The Kier molecular flexibility index (Phi) is 7.76. The number of fused-ring (bicyclic) bond motifs is 1. The fraction of sp³-hybridized carbons (Fsp3) is 0.350. The highest BCUT2D eigenvalue weighted by molar-refractivity contribution is 7.89. The molecule has 0 saturated carbocycles. The van der Waals surface area contributed by atoms with E-state index < -0.39 is 10.0 Å². The van der Waals surface area contributed by atoms with Crippen LogP contribution in [0.5, 0.6) is 0 Å². The van der Waals surface area contributed by atoms with Crippen LogP contribution in [0, 0.1) is 4.77 Å². The molecule has 0 aliphatic heterocycles. The maximum Gasteiger partial charge on any atom is 0.272 e. The lowest BCUT2D eigenvalue weighted by molar-refractivity contribution is -0.121.